The average Bonchev–Trinajstić information content (AvgIpc) is 3.11. The molecule has 2 aromatic rings. The second-order valence-electron chi connectivity index (χ2n) is 6.43. The fourth-order valence-corrected chi connectivity index (χ4v) is 3.32. The number of benzene rings is 1. The van der Waals surface area contributed by atoms with Gasteiger partial charge in [0.2, 0.25) is 5.76 Å². The number of likely N-dealkylation sites (tertiary alicyclic amines) is 1. The van der Waals surface area contributed by atoms with Crippen LogP contribution in [-0.2, 0) is 0 Å². The van der Waals surface area contributed by atoms with Crippen LogP contribution >= 0.6 is 11.6 Å². The number of halogens is 1. The molecule has 0 saturated carbocycles. The van der Waals surface area contributed by atoms with Crippen molar-refractivity contribution in [3.8, 4) is 17.0 Å². The molecule has 1 saturated heterocycles. The first kappa shape index (κ1) is 17.8. The number of piperidine rings is 1. The summed E-state index contributed by atoms with van der Waals surface area (Å²) >= 11 is 6.23. The van der Waals surface area contributed by atoms with Crippen molar-refractivity contribution in [1.29, 1.82) is 0 Å². The highest BCUT2D eigenvalue weighted by molar-refractivity contribution is 6.33. The van der Waals surface area contributed by atoms with Gasteiger partial charge in [-0.05, 0) is 43.9 Å². The number of aromatic nitrogens is 1. The molecule has 1 aliphatic rings. The Hall–Kier alpha value is -2.05. The Labute approximate surface area is 151 Å². The number of rotatable bonds is 4. The summed E-state index contributed by atoms with van der Waals surface area (Å²) in [7, 11) is 1.58. The summed E-state index contributed by atoms with van der Waals surface area (Å²) in [6.07, 6.45) is 1.99. The van der Waals surface area contributed by atoms with Gasteiger partial charge in [0.05, 0.1) is 12.1 Å². The van der Waals surface area contributed by atoms with Gasteiger partial charge in [0.25, 0.3) is 5.91 Å². The van der Waals surface area contributed by atoms with Crippen molar-refractivity contribution in [3.05, 3.63) is 35.0 Å². The van der Waals surface area contributed by atoms with Gasteiger partial charge in [0, 0.05) is 30.8 Å². The number of ether oxygens (including phenoxy) is 1. The van der Waals surface area contributed by atoms with Crippen molar-refractivity contribution in [2.24, 2.45) is 11.7 Å². The van der Waals surface area contributed by atoms with Gasteiger partial charge in [-0.2, -0.15) is 0 Å². The van der Waals surface area contributed by atoms with Crippen LogP contribution in [0.3, 0.4) is 0 Å². The second-order valence-corrected chi connectivity index (χ2v) is 6.84. The van der Waals surface area contributed by atoms with Crippen molar-refractivity contribution in [2.45, 2.75) is 25.8 Å². The van der Waals surface area contributed by atoms with E-state index in [9.17, 15) is 4.79 Å². The zero-order valence-electron chi connectivity index (χ0n) is 14.4. The van der Waals surface area contributed by atoms with Crippen LogP contribution in [0, 0.1) is 5.92 Å². The minimum absolute atomic E-state index is 0.0662. The van der Waals surface area contributed by atoms with Crippen LogP contribution in [0.15, 0.2) is 28.8 Å². The number of hydrogen-bond donors (Lipinski definition) is 1. The molecule has 2 atom stereocenters. The van der Waals surface area contributed by atoms with Crippen LogP contribution in [0.5, 0.6) is 5.75 Å². The quantitative estimate of drug-likeness (QED) is 0.902. The van der Waals surface area contributed by atoms with Gasteiger partial charge in [0.15, 0.2) is 0 Å². The lowest BCUT2D eigenvalue weighted by Crippen LogP contribution is -2.44. The highest BCUT2D eigenvalue weighted by Crippen LogP contribution is 2.31. The van der Waals surface area contributed by atoms with E-state index in [0.717, 1.165) is 12.8 Å². The number of nitrogens with two attached hydrogens (primary N) is 1. The lowest BCUT2D eigenvalue weighted by atomic mass is 9.92. The van der Waals surface area contributed by atoms with E-state index in [1.165, 1.54) is 0 Å². The van der Waals surface area contributed by atoms with Crippen LogP contribution in [0.25, 0.3) is 11.3 Å². The predicted octanol–water partition coefficient (Wildman–Crippen LogP) is 3.20. The third kappa shape index (κ3) is 3.80. The summed E-state index contributed by atoms with van der Waals surface area (Å²) in [5.41, 5.74) is 7.16. The van der Waals surface area contributed by atoms with Gasteiger partial charge in [-0.3, -0.25) is 4.79 Å². The Kier molecular flexibility index (Phi) is 5.30. The topological polar surface area (TPSA) is 81.6 Å². The number of carbonyl (C=O) groups is 1. The van der Waals surface area contributed by atoms with Crippen molar-refractivity contribution < 1.29 is 14.1 Å². The van der Waals surface area contributed by atoms with Gasteiger partial charge in [-0.1, -0.05) is 16.8 Å². The first-order chi connectivity index (χ1) is 12.0. The smallest absolute Gasteiger partial charge is 0.292 e. The van der Waals surface area contributed by atoms with E-state index < -0.39 is 0 Å². The van der Waals surface area contributed by atoms with E-state index in [1.807, 2.05) is 6.92 Å². The molecule has 7 heteroatoms. The number of carbonyl (C=O) groups excluding carboxylic acids is 1. The van der Waals surface area contributed by atoms with Crippen LogP contribution in [0.1, 0.15) is 30.3 Å². The molecular formula is C18H22ClN3O3. The molecule has 0 spiro atoms. The molecule has 6 nitrogen and oxygen atoms in total. The molecule has 1 fully saturated rings. The largest absolute Gasteiger partial charge is 0.497 e. The van der Waals surface area contributed by atoms with Crippen molar-refractivity contribution >= 4 is 17.5 Å². The monoisotopic (exact) mass is 363 g/mol. The minimum atomic E-state index is -0.164. The third-order valence-electron chi connectivity index (χ3n) is 4.66. The van der Waals surface area contributed by atoms with Crippen LogP contribution < -0.4 is 10.5 Å². The molecule has 2 heterocycles. The second kappa shape index (κ2) is 7.45. The Bertz CT molecular complexity index is 760. The number of amides is 1. The zero-order chi connectivity index (χ0) is 18.0. The number of methoxy groups -OCH3 is 1. The molecular weight excluding hydrogens is 342 g/mol. The lowest BCUT2D eigenvalue weighted by Gasteiger charge is -2.34. The minimum Gasteiger partial charge on any atom is -0.497 e. The van der Waals surface area contributed by atoms with E-state index in [-0.39, 0.29) is 17.7 Å². The maximum absolute atomic E-state index is 12.7. The molecule has 0 bridgehead atoms. The lowest BCUT2D eigenvalue weighted by molar-refractivity contribution is 0.0619. The Morgan fingerprint density at radius 2 is 2.28 bits per heavy atom. The Morgan fingerprint density at radius 3 is 3.00 bits per heavy atom. The first-order valence-electron chi connectivity index (χ1n) is 8.35. The molecule has 1 aromatic carbocycles. The van der Waals surface area contributed by atoms with Gasteiger partial charge in [-0.25, -0.2) is 0 Å². The fraction of sp³-hybridized carbons (Fsp3) is 0.444. The van der Waals surface area contributed by atoms with Crippen molar-refractivity contribution in [3.63, 3.8) is 0 Å². The summed E-state index contributed by atoms with van der Waals surface area (Å²) in [5, 5.41) is 4.52. The summed E-state index contributed by atoms with van der Waals surface area (Å²) in [5.74, 6) is 1.02. The van der Waals surface area contributed by atoms with Crippen LogP contribution in [0.2, 0.25) is 5.02 Å². The van der Waals surface area contributed by atoms with Gasteiger partial charge < -0.3 is 19.9 Å². The molecule has 0 aliphatic carbocycles. The molecule has 0 radical (unpaired) electrons. The summed E-state index contributed by atoms with van der Waals surface area (Å²) in [6.45, 7) is 3.33. The summed E-state index contributed by atoms with van der Waals surface area (Å²) in [4.78, 5) is 14.5. The highest BCUT2D eigenvalue weighted by atomic mass is 35.5. The van der Waals surface area contributed by atoms with Crippen molar-refractivity contribution in [1.82, 2.24) is 10.1 Å². The van der Waals surface area contributed by atoms with E-state index in [2.05, 4.69) is 5.16 Å². The van der Waals surface area contributed by atoms with Crippen LogP contribution in [0.4, 0.5) is 0 Å². The average molecular weight is 364 g/mol. The standard InChI is InChI=1S/C18H22ClN3O3/c1-11(20)12-4-3-7-22(10-12)18(23)17-9-16(21-25-17)14-8-13(24-2)5-6-15(14)19/h5-6,8-9,11-12H,3-4,7,10,20H2,1-2H3. The highest BCUT2D eigenvalue weighted by Gasteiger charge is 2.28. The Balaban J connectivity index is 1.80. The molecule has 134 valence electrons. The van der Waals surface area contributed by atoms with E-state index >= 15 is 0 Å². The fourth-order valence-electron chi connectivity index (χ4n) is 3.11. The van der Waals surface area contributed by atoms with E-state index in [4.69, 9.17) is 26.6 Å². The predicted molar refractivity (Wildman–Crippen MR) is 95.8 cm³/mol. The normalized spacial score (nSPS) is 18.9. The first-order valence-corrected chi connectivity index (χ1v) is 8.73. The molecule has 2 N–H and O–H groups in total. The van der Waals surface area contributed by atoms with Gasteiger partial charge >= 0.3 is 0 Å². The SMILES string of the molecule is COc1ccc(Cl)c(-c2cc(C(=O)N3CCCC(C(C)N)C3)on2)c1. The van der Waals surface area contributed by atoms with Gasteiger partial charge in [0.1, 0.15) is 11.4 Å². The maximum Gasteiger partial charge on any atom is 0.292 e. The molecule has 2 unspecified atom stereocenters. The molecule has 25 heavy (non-hydrogen) atoms. The Morgan fingerprint density at radius 1 is 1.48 bits per heavy atom. The van der Waals surface area contributed by atoms with Gasteiger partial charge in [-0.15, -0.1) is 0 Å². The summed E-state index contributed by atoms with van der Waals surface area (Å²) < 4.78 is 10.5. The summed E-state index contributed by atoms with van der Waals surface area (Å²) in [6, 6.07) is 6.94. The molecule has 3 rings (SSSR count). The molecule has 1 amide bonds. The zero-order valence-corrected chi connectivity index (χ0v) is 15.1. The molecule has 1 aliphatic heterocycles. The van der Waals surface area contributed by atoms with Crippen molar-refractivity contribution in [2.75, 3.05) is 20.2 Å². The molecule has 1 aromatic heterocycles. The van der Waals surface area contributed by atoms with E-state index in [1.54, 1.807) is 36.3 Å². The number of nitrogens with zero attached hydrogens (tertiary/aromatic N) is 2. The third-order valence-corrected chi connectivity index (χ3v) is 4.99. The van der Waals surface area contributed by atoms with E-state index in [0.29, 0.717) is 41.0 Å². The maximum atomic E-state index is 12.7. The van der Waals surface area contributed by atoms with Crippen LogP contribution in [-0.4, -0.2) is 42.2 Å². The number of hydrogen-bond acceptors (Lipinski definition) is 5.